The second kappa shape index (κ2) is 6.96. The van der Waals surface area contributed by atoms with Gasteiger partial charge in [-0.25, -0.2) is 4.39 Å². The summed E-state index contributed by atoms with van der Waals surface area (Å²) in [6.07, 6.45) is 1.74. The van der Waals surface area contributed by atoms with Crippen LogP contribution in [0.2, 0.25) is 5.02 Å². The van der Waals surface area contributed by atoms with Crippen molar-refractivity contribution in [2.24, 2.45) is 5.92 Å². The molecule has 0 aliphatic heterocycles. The molecule has 1 fully saturated rings. The molecular weight excluding hydrogens is 313 g/mol. The van der Waals surface area contributed by atoms with Gasteiger partial charge in [-0.3, -0.25) is 9.59 Å². The Balaban J connectivity index is 1.95. The van der Waals surface area contributed by atoms with Gasteiger partial charge < -0.3 is 14.7 Å². The average Bonchev–Trinajstić information content (AvgIpc) is 3.27. The maximum Gasteiger partial charge on any atom is 0.308 e. The molecule has 0 spiro atoms. The number of hydrogen-bond acceptors (Lipinski definition) is 3. The third-order valence-corrected chi connectivity index (χ3v) is 3.74. The third kappa shape index (κ3) is 4.34. The van der Waals surface area contributed by atoms with Crippen LogP contribution in [-0.4, -0.2) is 41.1 Å². The van der Waals surface area contributed by atoms with E-state index in [9.17, 15) is 14.0 Å². The van der Waals surface area contributed by atoms with Crippen LogP contribution in [0.4, 0.5) is 4.39 Å². The van der Waals surface area contributed by atoms with Crippen LogP contribution in [0.3, 0.4) is 0 Å². The van der Waals surface area contributed by atoms with E-state index in [-0.39, 0.29) is 35.9 Å². The molecule has 7 heteroatoms. The first-order chi connectivity index (χ1) is 10.4. The number of ether oxygens (including phenoxy) is 1. The predicted molar refractivity (Wildman–Crippen MR) is 78.4 cm³/mol. The van der Waals surface area contributed by atoms with Crippen molar-refractivity contribution in [2.45, 2.75) is 25.8 Å². The Morgan fingerprint density at radius 3 is 2.73 bits per heavy atom. The molecule has 0 saturated heterocycles. The summed E-state index contributed by atoms with van der Waals surface area (Å²) >= 11 is 5.83. The molecule has 1 aromatic rings. The topological polar surface area (TPSA) is 66.8 Å². The molecule has 2 rings (SSSR count). The zero-order chi connectivity index (χ0) is 16.3. The Kier molecular flexibility index (Phi) is 5.24. The van der Waals surface area contributed by atoms with Gasteiger partial charge in [0.15, 0.2) is 6.61 Å². The molecule has 1 saturated carbocycles. The molecule has 22 heavy (non-hydrogen) atoms. The molecular formula is C15H17ClFNO4. The summed E-state index contributed by atoms with van der Waals surface area (Å²) in [5.41, 5.74) is 0. The van der Waals surface area contributed by atoms with Crippen molar-refractivity contribution in [3.63, 3.8) is 0 Å². The van der Waals surface area contributed by atoms with Crippen LogP contribution in [0.1, 0.15) is 19.8 Å². The molecule has 120 valence electrons. The summed E-state index contributed by atoms with van der Waals surface area (Å²) in [7, 11) is 0. The van der Waals surface area contributed by atoms with Gasteiger partial charge >= 0.3 is 5.97 Å². The van der Waals surface area contributed by atoms with E-state index >= 15 is 0 Å². The summed E-state index contributed by atoms with van der Waals surface area (Å²) in [4.78, 5) is 24.7. The molecule has 5 nitrogen and oxygen atoms in total. The smallest absolute Gasteiger partial charge is 0.308 e. The molecule has 1 atom stereocenters. The Labute approximate surface area is 132 Å². The fourth-order valence-corrected chi connectivity index (χ4v) is 2.25. The van der Waals surface area contributed by atoms with Crippen LogP contribution in [0, 0.1) is 11.7 Å². The van der Waals surface area contributed by atoms with E-state index in [1.165, 1.54) is 17.0 Å². The number of benzene rings is 1. The van der Waals surface area contributed by atoms with Crippen LogP contribution in [-0.2, 0) is 9.59 Å². The molecule has 1 aliphatic rings. The number of amides is 1. The lowest BCUT2D eigenvalue weighted by Gasteiger charge is -2.24. The lowest BCUT2D eigenvalue weighted by atomic mass is 10.1. The van der Waals surface area contributed by atoms with Gasteiger partial charge in [-0.1, -0.05) is 18.5 Å². The van der Waals surface area contributed by atoms with E-state index in [0.717, 1.165) is 18.9 Å². The summed E-state index contributed by atoms with van der Waals surface area (Å²) in [6.45, 7) is 1.45. The highest BCUT2D eigenvalue weighted by Gasteiger charge is 2.34. The number of halogens is 2. The number of hydrogen-bond donors (Lipinski definition) is 1. The Morgan fingerprint density at radius 1 is 1.50 bits per heavy atom. The molecule has 0 aromatic heterocycles. The normalized spacial score (nSPS) is 15.2. The van der Waals surface area contributed by atoms with E-state index < -0.39 is 17.7 Å². The molecule has 1 aliphatic carbocycles. The summed E-state index contributed by atoms with van der Waals surface area (Å²) in [5, 5.41) is 9.05. The fourth-order valence-electron chi connectivity index (χ4n) is 2.03. The predicted octanol–water partition coefficient (Wildman–Crippen LogP) is 2.57. The number of carbonyl (C=O) groups excluding carboxylic acids is 1. The van der Waals surface area contributed by atoms with E-state index in [2.05, 4.69) is 0 Å². The standard InChI is InChI=1S/C15H17ClFNO4/c1-9(15(20)21)7-18(11-3-4-11)14(19)8-22-13-5-2-10(17)6-12(13)16/h2,5-6,9,11H,3-4,7-8H2,1H3,(H,20,21). The van der Waals surface area contributed by atoms with Crippen LogP contribution in [0.15, 0.2) is 18.2 Å². The van der Waals surface area contributed by atoms with Crippen molar-refractivity contribution >= 4 is 23.5 Å². The van der Waals surface area contributed by atoms with Crippen molar-refractivity contribution in [1.29, 1.82) is 0 Å². The number of carbonyl (C=O) groups is 2. The minimum atomic E-state index is -0.944. The van der Waals surface area contributed by atoms with Crippen LogP contribution in [0.5, 0.6) is 5.75 Å². The maximum absolute atomic E-state index is 12.9. The molecule has 1 amide bonds. The average molecular weight is 330 g/mol. The Hall–Kier alpha value is -1.82. The van der Waals surface area contributed by atoms with E-state index in [4.69, 9.17) is 21.4 Å². The number of rotatable bonds is 7. The molecule has 1 unspecified atom stereocenters. The highest BCUT2D eigenvalue weighted by atomic mass is 35.5. The third-order valence-electron chi connectivity index (χ3n) is 3.45. The fraction of sp³-hybridized carbons (Fsp3) is 0.467. The van der Waals surface area contributed by atoms with Gasteiger partial charge in [-0.15, -0.1) is 0 Å². The number of nitrogens with zero attached hydrogens (tertiary/aromatic N) is 1. The van der Waals surface area contributed by atoms with Gasteiger partial charge in [0.2, 0.25) is 0 Å². The second-order valence-corrected chi connectivity index (χ2v) is 5.79. The first-order valence-corrected chi connectivity index (χ1v) is 7.36. The lowest BCUT2D eigenvalue weighted by molar-refractivity contribution is -0.143. The summed E-state index contributed by atoms with van der Waals surface area (Å²) in [5.74, 6) is -2.15. The molecule has 0 radical (unpaired) electrons. The van der Waals surface area contributed by atoms with Crippen molar-refractivity contribution in [3.05, 3.63) is 29.0 Å². The second-order valence-electron chi connectivity index (χ2n) is 5.38. The SMILES string of the molecule is CC(CN(C(=O)COc1ccc(F)cc1Cl)C1CC1)C(=O)O. The van der Waals surface area contributed by atoms with Crippen LogP contribution < -0.4 is 4.74 Å². The number of carboxylic acid groups (broad SMARTS) is 1. The van der Waals surface area contributed by atoms with Gasteiger partial charge in [0.05, 0.1) is 10.9 Å². The number of aliphatic carboxylic acids is 1. The molecule has 1 aromatic carbocycles. The van der Waals surface area contributed by atoms with E-state index in [1.807, 2.05) is 0 Å². The van der Waals surface area contributed by atoms with Crippen molar-refractivity contribution in [2.75, 3.05) is 13.2 Å². The first kappa shape index (κ1) is 16.5. The molecule has 1 N–H and O–H groups in total. The van der Waals surface area contributed by atoms with Crippen molar-refractivity contribution in [3.8, 4) is 5.75 Å². The largest absolute Gasteiger partial charge is 0.482 e. The minimum absolute atomic E-state index is 0.0848. The van der Waals surface area contributed by atoms with E-state index in [1.54, 1.807) is 6.92 Å². The van der Waals surface area contributed by atoms with Gasteiger partial charge in [0.1, 0.15) is 11.6 Å². The highest BCUT2D eigenvalue weighted by Crippen LogP contribution is 2.29. The van der Waals surface area contributed by atoms with Crippen molar-refractivity contribution in [1.82, 2.24) is 4.90 Å². The lowest BCUT2D eigenvalue weighted by Crippen LogP contribution is -2.41. The van der Waals surface area contributed by atoms with Crippen molar-refractivity contribution < 1.29 is 23.8 Å². The Morgan fingerprint density at radius 2 is 2.18 bits per heavy atom. The van der Waals surface area contributed by atoms with Gasteiger partial charge in [-0.2, -0.15) is 0 Å². The maximum atomic E-state index is 12.9. The Bertz CT molecular complexity index is 577. The van der Waals surface area contributed by atoms with Gasteiger partial charge in [0.25, 0.3) is 5.91 Å². The quantitative estimate of drug-likeness (QED) is 0.835. The monoisotopic (exact) mass is 329 g/mol. The molecule has 0 bridgehead atoms. The highest BCUT2D eigenvalue weighted by molar-refractivity contribution is 6.32. The molecule has 0 heterocycles. The summed E-state index contributed by atoms with van der Waals surface area (Å²) < 4.78 is 18.3. The number of carboxylic acids is 1. The summed E-state index contributed by atoms with van der Waals surface area (Å²) in [6, 6.07) is 3.73. The first-order valence-electron chi connectivity index (χ1n) is 6.98. The van der Waals surface area contributed by atoms with E-state index in [0.29, 0.717) is 0 Å². The minimum Gasteiger partial charge on any atom is -0.482 e. The van der Waals surface area contributed by atoms with Gasteiger partial charge in [0, 0.05) is 12.6 Å². The van der Waals surface area contributed by atoms with Crippen LogP contribution in [0.25, 0.3) is 0 Å². The van der Waals surface area contributed by atoms with Gasteiger partial charge in [-0.05, 0) is 31.0 Å². The zero-order valence-corrected chi connectivity index (χ0v) is 12.8. The van der Waals surface area contributed by atoms with Crippen LogP contribution >= 0.6 is 11.6 Å². The zero-order valence-electron chi connectivity index (χ0n) is 12.1.